The summed E-state index contributed by atoms with van der Waals surface area (Å²) in [5.41, 5.74) is 6.55. The lowest BCUT2D eigenvalue weighted by molar-refractivity contribution is 0.386. The molecule has 8 heteroatoms. The number of nitrogens with two attached hydrogens (primary N) is 1. The van der Waals surface area contributed by atoms with Gasteiger partial charge >= 0.3 is 0 Å². The first kappa shape index (κ1) is 19.1. The van der Waals surface area contributed by atoms with E-state index in [1.807, 2.05) is 6.92 Å². The van der Waals surface area contributed by atoms with Crippen molar-refractivity contribution < 1.29 is 9.13 Å². The van der Waals surface area contributed by atoms with Crippen LogP contribution in [0.5, 0.6) is 5.75 Å². The van der Waals surface area contributed by atoms with E-state index < -0.39 is 5.82 Å². The largest absolute Gasteiger partial charge is 0.494 e. The number of anilines is 4. The van der Waals surface area contributed by atoms with Crippen molar-refractivity contribution >= 4 is 23.5 Å². The van der Waals surface area contributed by atoms with Crippen LogP contribution in [0.4, 0.5) is 27.9 Å². The lowest BCUT2D eigenvalue weighted by Crippen LogP contribution is -2.24. The number of methoxy groups -OCH3 is 1. The Balaban J connectivity index is 1.85. The van der Waals surface area contributed by atoms with Gasteiger partial charge in [-0.15, -0.1) is 0 Å². The van der Waals surface area contributed by atoms with E-state index in [9.17, 15) is 4.39 Å². The molecule has 1 fully saturated rings. The number of ether oxygens (including phenoxy) is 1. The minimum absolute atomic E-state index is 0.142. The summed E-state index contributed by atoms with van der Waals surface area (Å²) in [4.78, 5) is 14.8. The van der Waals surface area contributed by atoms with E-state index in [-0.39, 0.29) is 11.7 Å². The molecule has 1 aliphatic carbocycles. The molecule has 1 aromatic heterocycles. The lowest BCUT2D eigenvalue weighted by atomic mass is 10.1. The maximum absolute atomic E-state index is 14.1. The van der Waals surface area contributed by atoms with Gasteiger partial charge in [0.15, 0.2) is 11.6 Å². The molecule has 1 saturated carbocycles. The third-order valence-corrected chi connectivity index (χ3v) is 4.83. The van der Waals surface area contributed by atoms with Crippen LogP contribution in [0.3, 0.4) is 0 Å². The Hall–Kier alpha value is -2.64. The summed E-state index contributed by atoms with van der Waals surface area (Å²) in [7, 11) is 1.44. The summed E-state index contributed by atoms with van der Waals surface area (Å²) < 4.78 is 19.1. The molecule has 0 aliphatic heterocycles. The molecule has 0 bridgehead atoms. The number of benzene rings is 1. The summed E-state index contributed by atoms with van der Waals surface area (Å²) in [6.45, 7) is 2.50. The molecule has 1 aromatic carbocycles. The number of rotatable bonds is 6. The van der Waals surface area contributed by atoms with Crippen molar-refractivity contribution in [2.24, 2.45) is 0 Å². The second-order valence-corrected chi connectivity index (χ2v) is 6.71. The number of hydrogen-bond donors (Lipinski definition) is 2. The van der Waals surface area contributed by atoms with Crippen LogP contribution in [-0.2, 0) is 0 Å². The molecule has 2 aromatic rings. The summed E-state index contributed by atoms with van der Waals surface area (Å²) in [5, 5.41) is 3.40. The van der Waals surface area contributed by atoms with E-state index in [0.717, 1.165) is 12.8 Å². The third kappa shape index (κ3) is 4.75. The van der Waals surface area contributed by atoms with Gasteiger partial charge in [0.25, 0.3) is 0 Å². The zero-order valence-electron chi connectivity index (χ0n) is 15.9. The minimum Gasteiger partial charge on any atom is -0.494 e. The molecule has 0 saturated heterocycles. The summed E-state index contributed by atoms with van der Waals surface area (Å²) in [6, 6.07) is 5.10. The van der Waals surface area contributed by atoms with Crippen molar-refractivity contribution in [3.05, 3.63) is 24.0 Å². The van der Waals surface area contributed by atoms with Gasteiger partial charge in [-0.1, -0.05) is 25.7 Å². The first-order valence-corrected chi connectivity index (χ1v) is 9.50. The van der Waals surface area contributed by atoms with Gasteiger partial charge in [0.1, 0.15) is 0 Å². The van der Waals surface area contributed by atoms with Gasteiger partial charge in [-0.05, 0) is 31.9 Å². The zero-order chi connectivity index (χ0) is 19.2. The van der Waals surface area contributed by atoms with E-state index in [1.165, 1.54) is 38.9 Å². The Morgan fingerprint density at radius 3 is 2.56 bits per heavy atom. The Labute approximate surface area is 159 Å². The first-order chi connectivity index (χ1) is 13.1. The fraction of sp³-hybridized carbons (Fsp3) is 0.526. The third-order valence-electron chi connectivity index (χ3n) is 4.83. The van der Waals surface area contributed by atoms with Crippen molar-refractivity contribution in [2.45, 2.75) is 51.5 Å². The predicted octanol–water partition coefficient (Wildman–Crippen LogP) is 3.89. The average Bonchev–Trinajstić information content (AvgIpc) is 2.91. The second kappa shape index (κ2) is 8.83. The van der Waals surface area contributed by atoms with Crippen LogP contribution in [0, 0.1) is 5.82 Å². The lowest BCUT2D eigenvalue weighted by Gasteiger charge is -2.23. The molecule has 3 rings (SSSR count). The molecule has 146 valence electrons. The molecule has 0 amide bonds. The highest BCUT2D eigenvalue weighted by Gasteiger charge is 2.18. The molecule has 3 N–H and O–H groups in total. The number of halogens is 1. The second-order valence-electron chi connectivity index (χ2n) is 6.71. The Kier molecular flexibility index (Phi) is 6.26. The first-order valence-electron chi connectivity index (χ1n) is 9.50. The highest BCUT2D eigenvalue weighted by atomic mass is 19.1. The summed E-state index contributed by atoms with van der Waals surface area (Å²) in [5.74, 6) is 0.763. The highest BCUT2D eigenvalue weighted by molar-refractivity contribution is 5.60. The predicted molar refractivity (Wildman–Crippen MR) is 105 cm³/mol. The van der Waals surface area contributed by atoms with Crippen LogP contribution in [0.2, 0.25) is 0 Å². The van der Waals surface area contributed by atoms with E-state index >= 15 is 0 Å². The van der Waals surface area contributed by atoms with E-state index in [0.29, 0.717) is 30.2 Å². The van der Waals surface area contributed by atoms with Crippen molar-refractivity contribution in [2.75, 3.05) is 29.6 Å². The number of hydrogen-bond acceptors (Lipinski definition) is 7. The molecule has 0 atom stereocenters. The van der Waals surface area contributed by atoms with Gasteiger partial charge in [0.05, 0.1) is 7.11 Å². The van der Waals surface area contributed by atoms with Crippen LogP contribution in [0.1, 0.15) is 45.4 Å². The van der Waals surface area contributed by atoms with Crippen molar-refractivity contribution in [3.8, 4) is 5.75 Å². The van der Waals surface area contributed by atoms with Crippen LogP contribution < -0.4 is 20.7 Å². The fourth-order valence-corrected chi connectivity index (χ4v) is 3.43. The van der Waals surface area contributed by atoms with Crippen molar-refractivity contribution in [3.63, 3.8) is 0 Å². The van der Waals surface area contributed by atoms with E-state index in [4.69, 9.17) is 10.5 Å². The standard InChI is InChI=1S/C19H27FN6O/c1-3-26(14-10-11-16(27-2)15(20)12-14)19-24-17(21)23-18(25-19)22-13-8-6-4-5-7-9-13/h10-13H,3-9H2,1-2H3,(H3,21,22,23,24,25). The van der Waals surface area contributed by atoms with Gasteiger partial charge in [-0.3, -0.25) is 0 Å². The molecule has 0 radical (unpaired) electrons. The van der Waals surface area contributed by atoms with Crippen LogP contribution in [-0.4, -0.2) is 34.6 Å². The maximum atomic E-state index is 14.1. The van der Waals surface area contributed by atoms with Gasteiger partial charge in [-0.2, -0.15) is 15.0 Å². The SMILES string of the molecule is CCN(c1ccc(OC)c(F)c1)c1nc(N)nc(NC2CCCCCC2)n1. The average molecular weight is 374 g/mol. The van der Waals surface area contributed by atoms with E-state index in [1.54, 1.807) is 17.0 Å². The van der Waals surface area contributed by atoms with Crippen LogP contribution in [0.15, 0.2) is 18.2 Å². The smallest absolute Gasteiger partial charge is 0.236 e. The van der Waals surface area contributed by atoms with Crippen LogP contribution in [0.25, 0.3) is 0 Å². The molecule has 1 heterocycles. The topological polar surface area (TPSA) is 89.2 Å². The van der Waals surface area contributed by atoms with Crippen molar-refractivity contribution in [1.82, 2.24) is 15.0 Å². The monoisotopic (exact) mass is 374 g/mol. The van der Waals surface area contributed by atoms with Gasteiger partial charge in [0.2, 0.25) is 17.8 Å². The van der Waals surface area contributed by atoms with Gasteiger partial charge in [0, 0.05) is 24.3 Å². The molecule has 0 unspecified atom stereocenters. The molecular weight excluding hydrogens is 347 g/mol. The number of nitrogens with one attached hydrogen (secondary N) is 1. The summed E-state index contributed by atoms with van der Waals surface area (Å²) >= 11 is 0. The number of nitrogen functional groups attached to an aromatic ring is 1. The number of nitrogens with zero attached hydrogens (tertiary/aromatic N) is 4. The Morgan fingerprint density at radius 1 is 1.19 bits per heavy atom. The zero-order valence-corrected chi connectivity index (χ0v) is 15.9. The molecule has 7 nitrogen and oxygen atoms in total. The fourth-order valence-electron chi connectivity index (χ4n) is 3.43. The van der Waals surface area contributed by atoms with Gasteiger partial charge < -0.3 is 20.7 Å². The normalized spacial score (nSPS) is 15.2. The molecule has 1 aliphatic rings. The number of aromatic nitrogens is 3. The minimum atomic E-state index is -0.438. The quantitative estimate of drug-likeness (QED) is 0.741. The molecular formula is C19H27FN6O. The molecule has 27 heavy (non-hydrogen) atoms. The van der Waals surface area contributed by atoms with Gasteiger partial charge in [-0.25, -0.2) is 4.39 Å². The Morgan fingerprint density at radius 2 is 1.93 bits per heavy atom. The maximum Gasteiger partial charge on any atom is 0.236 e. The summed E-state index contributed by atoms with van der Waals surface area (Å²) in [6.07, 6.45) is 7.16. The molecule has 0 spiro atoms. The highest BCUT2D eigenvalue weighted by Crippen LogP contribution is 2.28. The van der Waals surface area contributed by atoms with Crippen LogP contribution >= 0.6 is 0 Å². The van der Waals surface area contributed by atoms with E-state index in [2.05, 4.69) is 20.3 Å². The Bertz CT molecular complexity index is 764. The van der Waals surface area contributed by atoms with Crippen molar-refractivity contribution in [1.29, 1.82) is 0 Å².